The van der Waals surface area contributed by atoms with Crippen molar-refractivity contribution in [3.63, 3.8) is 0 Å². The molecule has 2 aromatic rings. The molecule has 3 rings (SSSR count). The van der Waals surface area contributed by atoms with Gasteiger partial charge in [0.05, 0.1) is 18.8 Å². The van der Waals surface area contributed by atoms with Crippen molar-refractivity contribution in [2.75, 3.05) is 19.6 Å². The number of carbonyl (C=O) groups excluding carboxylic acids is 1. The number of nitrogens with one attached hydrogen (secondary N) is 1. The molecule has 0 radical (unpaired) electrons. The van der Waals surface area contributed by atoms with E-state index < -0.39 is 12.3 Å². The molecule has 1 amide bonds. The second-order valence-corrected chi connectivity index (χ2v) is 14.2. The molecule has 3 unspecified atom stereocenters. The van der Waals surface area contributed by atoms with E-state index in [9.17, 15) is 14.7 Å². The highest BCUT2D eigenvalue weighted by Crippen LogP contribution is 2.38. The van der Waals surface area contributed by atoms with Crippen molar-refractivity contribution in [2.45, 2.75) is 161 Å². The summed E-state index contributed by atoms with van der Waals surface area (Å²) in [5, 5.41) is 21.4. The Kier molecular flexibility index (Phi) is 21.0. The second kappa shape index (κ2) is 25.2. The van der Waals surface area contributed by atoms with Crippen LogP contribution in [0.15, 0.2) is 48.5 Å². The van der Waals surface area contributed by atoms with Crippen LogP contribution in [-0.2, 0) is 32.2 Å². The maximum atomic E-state index is 12.3. The van der Waals surface area contributed by atoms with E-state index in [2.05, 4.69) is 36.2 Å². The van der Waals surface area contributed by atoms with E-state index in [1.165, 1.54) is 77.0 Å². The fourth-order valence-corrected chi connectivity index (χ4v) is 6.67. The van der Waals surface area contributed by atoms with Crippen molar-refractivity contribution in [3.05, 3.63) is 70.8 Å². The summed E-state index contributed by atoms with van der Waals surface area (Å²) in [7, 11) is 0. The number of hydrogen-bond donors (Lipinski definition) is 3. The van der Waals surface area contributed by atoms with Gasteiger partial charge in [0.15, 0.2) is 6.29 Å². The zero-order valence-corrected chi connectivity index (χ0v) is 31.1. The van der Waals surface area contributed by atoms with Crippen molar-refractivity contribution in [3.8, 4) is 0 Å². The molecule has 50 heavy (non-hydrogen) atoms. The summed E-state index contributed by atoms with van der Waals surface area (Å²) in [4.78, 5) is 25.6. The molecular weight excluding hydrogens is 628 g/mol. The Bertz CT molecular complexity index is 1170. The fourth-order valence-electron chi connectivity index (χ4n) is 6.67. The van der Waals surface area contributed by atoms with Gasteiger partial charge in [0.2, 0.25) is 5.91 Å². The third kappa shape index (κ3) is 17.0. The first-order valence-electron chi connectivity index (χ1n) is 19.7. The lowest BCUT2D eigenvalue weighted by Gasteiger charge is -2.38. The van der Waals surface area contributed by atoms with Gasteiger partial charge in [-0.1, -0.05) is 133 Å². The van der Waals surface area contributed by atoms with Gasteiger partial charge in [-0.15, -0.1) is 0 Å². The molecule has 0 bridgehead atoms. The molecule has 3 atom stereocenters. The van der Waals surface area contributed by atoms with E-state index in [0.29, 0.717) is 25.8 Å². The molecule has 1 aliphatic heterocycles. The van der Waals surface area contributed by atoms with Crippen molar-refractivity contribution in [2.24, 2.45) is 0 Å². The van der Waals surface area contributed by atoms with Crippen molar-refractivity contribution < 1.29 is 29.3 Å². The Balaban J connectivity index is 1.64. The number of hydrogen-bond acceptors (Lipinski definition) is 6. The maximum absolute atomic E-state index is 12.3. The van der Waals surface area contributed by atoms with Gasteiger partial charge in [0, 0.05) is 37.9 Å². The van der Waals surface area contributed by atoms with Gasteiger partial charge < -0.3 is 29.9 Å². The summed E-state index contributed by atoms with van der Waals surface area (Å²) in [6, 6.07) is 16.2. The summed E-state index contributed by atoms with van der Waals surface area (Å²) >= 11 is 0. The highest BCUT2D eigenvalue weighted by Gasteiger charge is 2.33. The minimum atomic E-state index is -0.793. The van der Waals surface area contributed by atoms with E-state index in [0.717, 1.165) is 54.7 Å². The van der Waals surface area contributed by atoms with Crippen molar-refractivity contribution in [1.82, 2.24) is 10.2 Å². The van der Waals surface area contributed by atoms with Crippen LogP contribution in [-0.4, -0.2) is 52.7 Å². The molecule has 1 heterocycles. The molecule has 1 fully saturated rings. The highest BCUT2D eigenvalue weighted by molar-refractivity contribution is 5.75. The number of aliphatic hydroxyl groups is 1. The van der Waals surface area contributed by atoms with Crippen LogP contribution in [0.2, 0.25) is 0 Å². The van der Waals surface area contributed by atoms with Crippen LogP contribution < -0.4 is 5.32 Å². The Morgan fingerprint density at radius 2 is 1.24 bits per heavy atom. The first-order chi connectivity index (χ1) is 24.4. The van der Waals surface area contributed by atoms with Gasteiger partial charge in [-0.3, -0.25) is 9.59 Å². The number of rotatable bonds is 27. The molecule has 8 heteroatoms. The Labute approximate surface area is 302 Å². The normalized spacial score (nSPS) is 17.6. The zero-order chi connectivity index (χ0) is 35.8. The van der Waals surface area contributed by atoms with Gasteiger partial charge in [-0.05, 0) is 55.5 Å². The molecule has 0 spiro atoms. The van der Waals surface area contributed by atoms with Gasteiger partial charge in [0.1, 0.15) is 0 Å². The molecular formula is C42H66N2O6. The van der Waals surface area contributed by atoms with Gasteiger partial charge >= 0.3 is 5.97 Å². The first-order valence-corrected chi connectivity index (χ1v) is 19.7. The highest BCUT2D eigenvalue weighted by atomic mass is 16.7. The van der Waals surface area contributed by atoms with Crippen LogP contribution in [0.3, 0.4) is 0 Å². The summed E-state index contributed by atoms with van der Waals surface area (Å²) < 4.78 is 13.3. The standard InChI is InChI=1S/C42H66N2O6/c1-3-5-7-9-11-16-28-44(29-17-12-10-8-6-4-2)32-38-30-39(36-24-22-35(33-45)23-25-36)50-42(49-38)37-26-20-34(21-27-37)31-43-40(46)18-14-13-15-19-41(47)48/h20-27,38-39,42,45H,3-19,28-33H2,1-2H3,(H,43,46)(H,47,48). The molecule has 1 saturated heterocycles. The second-order valence-electron chi connectivity index (χ2n) is 14.2. The predicted molar refractivity (Wildman–Crippen MR) is 201 cm³/mol. The number of unbranched alkanes of at least 4 members (excludes halogenated alkanes) is 12. The van der Waals surface area contributed by atoms with Gasteiger partial charge in [-0.2, -0.15) is 0 Å². The smallest absolute Gasteiger partial charge is 0.303 e. The van der Waals surface area contributed by atoms with Crippen LogP contribution in [0.1, 0.15) is 164 Å². The Morgan fingerprint density at radius 1 is 0.700 bits per heavy atom. The lowest BCUT2D eigenvalue weighted by atomic mass is 9.99. The average molecular weight is 695 g/mol. The fraction of sp³-hybridized carbons (Fsp3) is 0.667. The molecule has 0 saturated carbocycles. The van der Waals surface area contributed by atoms with Gasteiger partial charge in [0.25, 0.3) is 0 Å². The third-order valence-corrected chi connectivity index (χ3v) is 9.77. The number of aliphatic hydroxyl groups excluding tert-OH is 1. The van der Waals surface area contributed by atoms with E-state index in [1.54, 1.807) is 0 Å². The molecule has 3 N–H and O–H groups in total. The average Bonchev–Trinajstić information content (AvgIpc) is 3.13. The van der Waals surface area contributed by atoms with E-state index in [-0.39, 0.29) is 31.1 Å². The van der Waals surface area contributed by atoms with E-state index >= 15 is 0 Å². The lowest BCUT2D eigenvalue weighted by molar-refractivity contribution is -0.253. The number of carboxylic acids is 1. The summed E-state index contributed by atoms with van der Waals surface area (Å²) in [6.45, 7) is 8.08. The monoisotopic (exact) mass is 694 g/mol. The molecule has 0 aromatic heterocycles. The largest absolute Gasteiger partial charge is 0.481 e. The number of nitrogens with zero attached hydrogens (tertiary/aromatic N) is 1. The van der Waals surface area contributed by atoms with Crippen LogP contribution in [0.25, 0.3) is 0 Å². The number of ether oxygens (including phenoxy) is 2. The molecule has 0 aliphatic carbocycles. The van der Waals surface area contributed by atoms with E-state index in [4.69, 9.17) is 14.6 Å². The van der Waals surface area contributed by atoms with Crippen LogP contribution >= 0.6 is 0 Å². The number of amides is 1. The SMILES string of the molecule is CCCCCCCCN(CCCCCCCC)CC1CC(c2ccc(CO)cc2)OC(c2ccc(CNC(=O)CCCCCC(=O)O)cc2)O1. The third-order valence-electron chi connectivity index (χ3n) is 9.77. The minimum Gasteiger partial charge on any atom is -0.481 e. The Morgan fingerprint density at radius 3 is 1.84 bits per heavy atom. The lowest BCUT2D eigenvalue weighted by Crippen LogP contribution is -2.40. The van der Waals surface area contributed by atoms with Crippen LogP contribution in [0.4, 0.5) is 0 Å². The van der Waals surface area contributed by atoms with Gasteiger partial charge in [-0.25, -0.2) is 0 Å². The summed E-state index contributed by atoms with van der Waals surface area (Å²) in [6.07, 6.45) is 18.2. The molecule has 2 aromatic carbocycles. The quantitative estimate of drug-likeness (QED) is 0.0800. The zero-order valence-electron chi connectivity index (χ0n) is 31.1. The number of benzene rings is 2. The van der Waals surface area contributed by atoms with Crippen LogP contribution in [0, 0.1) is 0 Å². The maximum Gasteiger partial charge on any atom is 0.303 e. The minimum absolute atomic E-state index is 0.0194. The number of carboxylic acid groups (broad SMARTS) is 1. The number of aliphatic carboxylic acids is 1. The van der Waals surface area contributed by atoms with E-state index in [1.807, 2.05) is 36.4 Å². The van der Waals surface area contributed by atoms with Crippen molar-refractivity contribution in [1.29, 1.82) is 0 Å². The molecule has 1 aliphatic rings. The molecule has 280 valence electrons. The number of carbonyl (C=O) groups is 2. The van der Waals surface area contributed by atoms with Crippen molar-refractivity contribution >= 4 is 11.9 Å². The van der Waals surface area contributed by atoms with Crippen LogP contribution in [0.5, 0.6) is 0 Å². The molecule has 8 nitrogen and oxygen atoms in total. The topological polar surface area (TPSA) is 108 Å². The summed E-state index contributed by atoms with van der Waals surface area (Å²) in [5.74, 6) is -0.814. The first kappa shape index (κ1) is 41.6. The Hall–Kier alpha value is -2.78. The summed E-state index contributed by atoms with van der Waals surface area (Å²) in [5.41, 5.74) is 3.94. The predicted octanol–water partition coefficient (Wildman–Crippen LogP) is 9.40.